The molecule has 0 saturated heterocycles. The third-order valence-corrected chi connectivity index (χ3v) is 5.91. The van der Waals surface area contributed by atoms with Gasteiger partial charge in [-0.3, -0.25) is 14.2 Å². The standard InChI is InChI=1S/C22H18ClN3O2S/c1-13-7-8-15(14(2)9-13)16-11-29-21-20(16)22(28)26(12-24-21)10-19(27)25-18-6-4-3-5-17(18)23/h3-9,11-12H,10H2,1-2H3,(H,25,27). The van der Waals surface area contributed by atoms with Gasteiger partial charge in [0.05, 0.1) is 22.4 Å². The highest BCUT2D eigenvalue weighted by Gasteiger charge is 2.16. The molecule has 0 aliphatic heterocycles. The Kier molecular flexibility index (Phi) is 5.22. The lowest BCUT2D eigenvalue weighted by Crippen LogP contribution is -2.27. The average Bonchev–Trinajstić information content (AvgIpc) is 3.10. The normalized spacial score (nSPS) is 11.0. The Hall–Kier alpha value is -2.96. The summed E-state index contributed by atoms with van der Waals surface area (Å²) in [5.41, 5.74) is 4.38. The van der Waals surface area contributed by atoms with Gasteiger partial charge in [0.2, 0.25) is 5.91 Å². The first-order valence-corrected chi connectivity index (χ1v) is 10.3. The Morgan fingerprint density at radius 1 is 1.17 bits per heavy atom. The third-order valence-electron chi connectivity index (χ3n) is 4.69. The largest absolute Gasteiger partial charge is 0.323 e. The van der Waals surface area contributed by atoms with Gasteiger partial charge in [0.1, 0.15) is 11.4 Å². The van der Waals surface area contributed by atoms with E-state index in [9.17, 15) is 9.59 Å². The Balaban J connectivity index is 1.70. The molecular formula is C22H18ClN3O2S. The predicted octanol–water partition coefficient (Wildman–Crippen LogP) is 5.03. The molecule has 5 nitrogen and oxygen atoms in total. The number of hydrogen-bond acceptors (Lipinski definition) is 4. The van der Waals surface area contributed by atoms with Crippen LogP contribution in [0.15, 0.2) is 59.0 Å². The first kappa shape index (κ1) is 19.4. The summed E-state index contributed by atoms with van der Waals surface area (Å²) in [4.78, 5) is 30.6. The molecule has 2 aromatic carbocycles. The fourth-order valence-corrected chi connectivity index (χ4v) is 4.38. The van der Waals surface area contributed by atoms with Crippen LogP contribution in [0.5, 0.6) is 0 Å². The number of nitrogens with one attached hydrogen (secondary N) is 1. The number of anilines is 1. The maximum Gasteiger partial charge on any atom is 0.263 e. The van der Waals surface area contributed by atoms with E-state index in [1.807, 2.05) is 31.4 Å². The predicted molar refractivity (Wildman–Crippen MR) is 119 cm³/mol. The van der Waals surface area contributed by atoms with E-state index >= 15 is 0 Å². The number of amides is 1. The zero-order valence-corrected chi connectivity index (χ0v) is 17.5. The van der Waals surface area contributed by atoms with Gasteiger partial charge < -0.3 is 5.32 Å². The lowest BCUT2D eigenvalue weighted by Gasteiger charge is -2.09. The summed E-state index contributed by atoms with van der Waals surface area (Å²) in [6, 6.07) is 13.1. The minimum absolute atomic E-state index is 0.144. The van der Waals surface area contributed by atoms with Crippen LogP contribution < -0.4 is 10.9 Å². The van der Waals surface area contributed by atoms with E-state index in [0.29, 0.717) is 20.9 Å². The molecule has 0 atom stereocenters. The number of hydrogen-bond donors (Lipinski definition) is 1. The van der Waals surface area contributed by atoms with E-state index in [0.717, 1.165) is 22.3 Å². The van der Waals surface area contributed by atoms with Crippen LogP contribution in [0.4, 0.5) is 5.69 Å². The van der Waals surface area contributed by atoms with Crippen molar-refractivity contribution in [1.82, 2.24) is 9.55 Å². The average molecular weight is 424 g/mol. The molecule has 7 heteroatoms. The Bertz CT molecular complexity index is 1290. The van der Waals surface area contributed by atoms with Crippen molar-refractivity contribution in [1.29, 1.82) is 0 Å². The van der Waals surface area contributed by atoms with Crippen molar-refractivity contribution in [3.05, 3.63) is 80.7 Å². The summed E-state index contributed by atoms with van der Waals surface area (Å²) in [6.07, 6.45) is 1.42. The van der Waals surface area contributed by atoms with Gasteiger partial charge >= 0.3 is 0 Å². The molecule has 0 aliphatic rings. The van der Waals surface area contributed by atoms with Crippen LogP contribution in [-0.2, 0) is 11.3 Å². The van der Waals surface area contributed by atoms with Gasteiger partial charge in [0, 0.05) is 10.9 Å². The molecule has 0 saturated carbocycles. The molecule has 0 fully saturated rings. The van der Waals surface area contributed by atoms with Crippen molar-refractivity contribution in [2.24, 2.45) is 0 Å². The van der Waals surface area contributed by atoms with Gasteiger partial charge in [0.25, 0.3) is 5.56 Å². The maximum absolute atomic E-state index is 13.1. The molecule has 0 unspecified atom stereocenters. The molecule has 1 N–H and O–H groups in total. The van der Waals surface area contributed by atoms with E-state index in [1.54, 1.807) is 24.3 Å². The smallest absolute Gasteiger partial charge is 0.263 e. The molecule has 1 amide bonds. The number of benzene rings is 2. The van der Waals surface area contributed by atoms with Crippen LogP contribution in [0.25, 0.3) is 21.3 Å². The van der Waals surface area contributed by atoms with Gasteiger partial charge in [-0.15, -0.1) is 11.3 Å². The second-order valence-corrected chi connectivity index (χ2v) is 8.12. The van der Waals surface area contributed by atoms with Gasteiger partial charge in [-0.1, -0.05) is 47.5 Å². The Morgan fingerprint density at radius 3 is 2.72 bits per heavy atom. The number of fused-ring (bicyclic) bond motifs is 1. The lowest BCUT2D eigenvalue weighted by atomic mass is 9.99. The number of thiophene rings is 1. The minimum atomic E-state index is -0.343. The highest BCUT2D eigenvalue weighted by atomic mass is 35.5. The van der Waals surface area contributed by atoms with Crippen LogP contribution >= 0.6 is 22.9 Å². The summed E-state index contributed by atoms with van der Waals surface area (Å²) in [6.45, 7) is 3.92. The van der Waals surface area contributed by atoms with Crippen LogP contribution in [0.3, 0.4) is 0 Å². The molecule has 2 aromatic heterocycles. The molecule has 0 spiro atoms. The van der Waals surface area contributed by atoms with Crippen LogP contribution in [0.2, 0.25) is 5.02 Å². The molecule has 0 aliphatic carbocycles. The van der Waals surface area contributed by atoms with E-state index in [4.69, 9.17) is 11.6 Å². The molecular weight excluding hydrogens is 406 g/mol. The molecule has 0 radical (unpaired) electrons. The number of carbonyl (C=O) groups is 1. The van der Waals surface area contributed by atoms with Crippen LogP contribution in [0, 0.1) is 13.8 Å². The number of halogens is 1. The topological polar surface area (TPSA) is 64.0 Å². The number of aromatic nitrogens is 2. The summed E-state index contributed by atoms with van der Waals surface area (Å²) in [5, 5.41) is 5.66. The van der Waals surface area contributed by atoms with Crippen molar-refractivity contribution in [3.63, 3.8) is 0 Å². The van der Waals surface area contributed by atoms with Crippen molar-refractivity contribution in [2.45, 2.75) is 20.4 Å². The molecule has 4 aromatic rings. The van der Waals surface area contributed by atoms with Gasteiger partial charge in [-0.25, -0.2) is 4.98 Å². The molecule has 4 rings (SSSR count). The summed E-state index contributed by atoms with van der Waals surface area (Å²) in [5.74, 6) is -0.343. The molecule has 2 heterocycles. The number of carbonyl (C=O) groups excluding carboxylic acids is 1. The van der Waals surface area contributed by atoms with Crippen molar-refractivity contribution in [2.75, 3.05) is 5.32 Å². The van der Waals surface area contributed by atoms with Crippen LogP contribution in [0.1, 0.15) is 11.1 Å². The van der Waals surface area contributed by atoms with Gasteiger partial charge in [0.15, 0.2) is 0 Å². The highest BCUT2D eigenvalue weighted by molar-refractivity contribution is 7.17. The third kappa shape index (κ3) is 3.81. The Morgan fingerprint density at radius 2 is 1.97 bits per heavy atom. The number of aryl methyl sites for hydroxylation is 2. The first-order valence-electron chi connectivity index (χ1n) is 9.02. The monoisotopic (exact) mass is 423 g/mol. The van der Waals surface area contributed by atoms with Crippen molar-refractivity contribution in [3.8, 4) is 11.1 Å². The minimum Gasteiger partial charge on any atom is -0.323 e. The number of nitrogens with zero attached hydrogens (tertiary/aromatic N) is 2. The fourth-order valence-electron chi connectivity index (χ4n) is 3.30. The molecule has 146 valence electrons. The maximum atomic E-state index is 13.1. The second-order valence-electron chi connectivity index (χ2n) is 6.85. The quantitative estimate of drug-likeness (QED) is 0.500. The van der Waals surface area contributed by atoms with E-state index in [2.05, 4.69) is 16.4 Å². The summed E-state index contributed by atoms with van der Waals surface area (Å²) < 4.78 is 1.33. The zero-order chi connectivity index (χ0) is 20.5. The van der Waals surface area contributed by atoms with E-state index < -0.39 is 0 Å². The summed E-state index contributed by atoms with van der Waals surface area (Å²) >= 11 is 7.51. The van der Waals surface area contributed by atoms with Crippen molar-refractivity contribution < 1.29 is 4.79 Å². The first-order chi connectivity index (χ1) is 13.9. The lowest BCUT2D eigenvalue weighted by molar-refractivity contribution is -0.116. The number of para-hydroxylation sites is 1. The SMILES string of the molecule is Cc1ccc(-c2csc3ncn(CC(=O)Nc4ccccc4Cl)c(=O)c23)c(C)c1. The fraction of sp³-hybridized carbons (Fsp3) is 0.136. The highest BCUT2D eigenvalue weighted by Crippen LogP contribution is 2.33. The Labute approximate surface area is 176 Å². The van der Waals surface area contributed by atoms with Gasteiger partial charge in [-0.05, 0) is 37.1 Å². The van der Waals surface area contributed by atoms with E-state index in [-0.39, 0.29) is 18.0 Å². The second kappa shape index (κ2) is 7.81. The number of rotatable bonds is 4. The molecule has 29 heavy (non-hydrogen) atoms. The van der Waals surface area contributed by atoms with E-state index in [1.165, 1.54) is 22.2 Å². The van der Waals surface area contributed by atoms with Crippen molar-refractivity contribution >= 4 is 44.7 Å². The van der Waals surface area contributed by atoms with Gasteiger partial charge in [-0.2, -0.15) is 0 Å². The zero-order valence-electron chi connectivity index (χ0n) is 15.9. The molecule has 0 bridgehead atoms. The summed E-state index contributed by atoms with van der Waals surface area (Å²) in [7, 11) is 0. The van der Waals surface area contributed by atoms with Crippen LogP contribution in [-0.4, -0.2) is 15.5 Å².